The van der Waals surface area contributed by atoms with Crippen molar-refractivity contribution in [3.8, 4) is 0 Å². The average Bonchev–Trinajstić information content (AvgIpc) is 0.774. The van der Waals surface area contributed by atoms with Gasteiger partial charge in [-0.25, -0.2) is 9.59 Å². The van der Waals surface area contributed by atoms with Gasteiger partial charge in [-0.15, -0.1) is 0 Å². The summed E-state index contributed by atoms with van der Waals surface area (Å²) in [5, 5.41) is 212. The molecule has 29 atom stereocenters. The second kappa shape index (κ2) is 48.1. The number of allylic oxidation sites excluding steroid dienone is 1. The highest BCUT2D eigenvalue weighted by atomic mass is 16.8. The fraction of sp³-hybridized carbons (Fsp3) is 0.889. The van der Waals surface area contributed by atoms with Gasteiger partial charge in [0.25, 0.3) is 11.6 Å². The molecule has 0 spiro atoms. The van der Waals surface area contributed by atoms with E-state index in [1.807, 2.05) is 0 Å². The number of unbranched alkanes of at least 4 members (excludes halogenated alkanes) is 19. The Balaban J connectivity index is 1.48. The molecule has 5 fully saturated rings. The Kier molecular flexibility index (Phi) is 42.1. The van der Waals surface area contributed by atoms with Crippen molar-refractivity contribution in [2.45, 2.75) is 365 Å². The number of amides is 4. The van der Waals surface area contributed by atoms with Gasteiger partial charge in [-0.3, -0.25) is 19.2 Å². The van der Waals surface area contributed by atoms with Crippen molar-refractivity contribution in [3.05, 3.63) is 12.2 Å². The smallest absolute Gasteiger partial charge is 0.364 e. The summed E-state index contributed by atoms with van der Waals surface area (Å²) in [4.78, 5) is 78.8. The van der Waals surface area contributed by atoms with Crippen LogP contribution >= 0.6 is 0 Å². The molecule has 0 bridgehead atoms. The molecule has 38 nitrogen and oxygen atoms in total. The van der Waals surface area contributed by atoms with E-state index in [0.717, 1.165) is 97.8 Å². The van der Waals surface area contributed by atoms with Crippen molar-refractivity contribution in [1.82, 2.24) is 21.3 Å². The van der Waals surface area contributed by atoms with E-state index in [9.17, 15) is 121 Å². The number of hydrogen-bond donors (Lipinski definition) is 22. The Morgan fingerprint density at radius 2 is 0.945 bits per heavy atom. The molecule has 638 valence electrons. The molecule has 5 aliphatic rings. The molecule has 5 saturated heterocycles. The number of carboxylic acid groups (broad SMARTS) is 2. The third-order valence-electron chi connectivity index (χ3n) is 20.5. The minimum atomic E-state index is -3.59. The molecule has 5 heterocycles. The molecule has 0 saturated carbocycles. The van der Waals surface area contributed by atoms with Crippen LogP contribution in [0.25, 0.3) is 0 Å². The summed E-state index contributed by atoms with van der Waals surface area (Å²) < 4.78 is 59.7. The van der Waals surface area contributed by atoms with Gasteiger partial charge in [0.05, 0.1) is 76.1 Å². The van der Waals surface area contributed by atoms with Gasteiger partial charge in [-0.05, 0) is 19.3 Å². The van der Waals surface area contributed by atoms with Crippen LogP contribution in [0, 0.1) is 0 Å². The standard InChI is InChI=1S/C72H126N4O34/c1-6-8-10-12-14-16-17-18-19-21-22-24-26-28-42(85)41(76-50(89)29-27-25-23-20-15-13-11-9-7-2)37-101-67-59(95)58(94)61(48(35-80)103-67)105-68-60(96)65(62(49(36-81)104-68)106-66-53(75-40(5)84)57(93)55(91)46(33-78)102-66)110-72(70(99)100)31-44(87)52(74-39(4)83)64(109-72)56(92)47(34-79)107-71(69(97)98)30-43(86)51(73-38(3)82)63(108-71)54(90)45(88)32-77/h26,28,41-49,51-68,77-81,85-88,90-96H,6-25,27,29-37H2,1-5H3,(H,73,82)(H,74,83)(H,75,84)(H,76,89)(H,97,98)(H,99,100)/t41-,42+,43-,44-,45+,46+,47+,48+,49+,51+,52+,53+,54+,55-,56+,57+,58+,59+,60+,61+,62-,63?,64?,65+,66-,67+,68-,71+,72-/m0/s1. The van der Waals surface area contributed by atoms with E-state index < -0.39 is 265 Å². The zero-order chi connectivity index (χ0) is 81.6. The lowest BCUT2D eigenvalue weighted by molar-refractivity contribution is -0.402. The second-order valence-corrected chi connectivity index (χ2v) is 29.3. The third kappa shape index (κ3) is 27.6. The quantitative estimate of drug-likeness (QED) is 0.0204. The summed E-state index contributed by atoms with van der Waals surface area (Å²) >= 11 is 0. The van der Waals surface area contributed by atoms with Crippen LogP contribution < -0.4 is 21.3 Å². The molecule has 110 heavy (non-hydrogen) atoms. The molecule has 2 unspecified atom stereocenters. The molecule has 5 aliphatic heterocycles. The number of aliphatic hydroxyl groups excluding tert-OH is 16. The normalized spacial score (nSPS) is 34.5. The molecule has 0 aliphatic carbocycles. The van der Waals surface area contributed by atoms with E-state index >= 15 is 0 Å². The Bertz CT molecular complexity index is 2750. The summed E-state index contributed by atoms with van der Waals surface area (Å²) in [6.45, 7) is 0.439. The summed E-state index contributed by atoms with van der Waals surface area (Å²) in [5.41, 5.74) is 0. The molecule has 5 rings (SSSR count). The predicted octanol–water partition coefficient (Wildman–Crippen LogP) is -4.03. The molecule has 0 aromatic heterocycles. The molecular formula is C72H126N4O34. The van der Waals surface area contributed by atoms with Gasteiger partial charge in [0.2, 0.25) is 23.6 Å². The topological polar surface area (TPSA) is 607 Å². The Labute approximate surface area is 640 Å². The minimum Gasteiger partial charge on any atom is -0.477 e. The molecular weight excluding hydrogens is 1460 g/mol. The summed E-state index contributed by atoms with van der Waals surface area (Å²) in [7, 11) is 0. The third-order valence-corrected chi connectivity index (χ3v) is 20.5. The lowest BCUT2D eigenvalue weighted by Gasteiger charge is -2.52. The number of rotatable bonds is 50. The van der Waals surface area contributed by atoms with Crippen LogP contribution in [0.2, 0.25) is 0 Å². The highest BCUT2D eigenvalue weighted by molar-refractivity contribution is 5.78. The number of nitrogens with one attached hydrogen (secondary N) is 4. The molecule has 38 heteroatoms. The van der Waals surface area contributed by atoms with Crippen molar-refractivity contribution >= 4 is 35.6 Å². The van der Waals surface area contributed by atoms with E-state index in [1.54, 1.807) is 6.08 Å². The van der Waals surface area contributed by atoms with Crippen molar-refractivity contribution < 1.29 is 168 Å². The van der Waals surface area contributed by atoms with E-state index in [-0.39, 0.29) is 6.42 Å². The second-order valence-electron chi connectivity index (χ2n) is 29.3. The number of hydrogen-bond acceptors (Lipinski definition) is 32. The minimum absolute atomic E-state index is 0.110. The lowest BCUT2D eigenvalue weighted by Crippen LogP contribution is -2.72. The van der Waals surface area contributed by atoms with Crippen LogP contribution in [0.1, 0.15) is 189 Å². The maximum Gasteiger partial charge on any atom is 0.364 e. The Morgan fingerprint density at radius 3 is 1.45 bits per heavy atom. The van der Waals surface area contributed by atoms with Crippen LogP contribution in [0.3, 0.4) is 0 Å². The zero-order valence-electron chi connectivity index (χ0n) is 63.5. The van der Waals surface area contributed by atoms with E-state index in [2.05, 4.69) is 35.1 Å². The number of aliphatic carboxylic acids is 2. The highest BCUT2D eigenvalue weighted by Crippen LogP contribution is 2.42. The monoisotopic (exact) mass is 1590 g/mol. The summed E-state index contributed by atoms with van der Waals surface area (Å²) in [6, 6.07) is -6.82. The average molecular weight is 1590 g/mol. The molecule has 0 aromatic rings. The van der Waals surface area contributed by atoms with Gasteiger partial charge >= 0.3 is 11.9 Å². The van der Waals surface area contributed by atoms with Crippen molar-refractivity contribution in [1.29, 1.82) is 0 Å². The van der Waals surface area contributed by atoms with E-state index in [4.69, 9.17) is 47.4 Å². The van der Waals surface area contributed by atoms with Gasteiger partial charge in [0, 0.05) is 40.0 Å². The van der Waals surface area contributed by atoms with Gasteiger partial charge in [0.1, 0.15) is 110 Å². The van der Waals surface area contributed by atoms with E-state index in [1.165, 1.54) is 51.0 Å². The largest absolute Gasteiger partial charge is 0.477 e. The van der Waals surface area contributed by atoms with Crippen molar-refractivity contribution in [3.63, 3.8) is 0 Å². The van der Waals surface area contributed by atoms with Gasteiger partial charge in [0.15, 0.2) is 18.9 Å². The predicted molar refractivity (Wildman–Crippen MR) is 379 cm³/mol. The van der Waals surface area contributed by atoms with Crippen LogP contribution in [0.15, 0.2) is 12.2 Å². The summed E-state index contributed by atoms with van der Waals surface area (Å²) in [6.07, 6.45) is -27.3. The first-order valence-electron chi connectivity index (χ1n) is 38.7. The van der Waals surface area contributed by atoms with Crippen molar-refractivity contribution in [2.24, 2.45) is 0 Å². The molecule has 0 aromatic carbocycles. The number of carbonyl (C=O) groups excluding carboxylic acids is 4. The first-order chi connectivity index (χ1) is 52.3. The fourth-order valence-electron chi connectivity index (χ4n) is 14.4. The molecule has 22 N–H and O–H groups in total. The van der Waals surface area contributed by atoms with Gasteiger partial charge in [-0.2, -0.15) is 0 Å². The van der Waals surface area contributed by atoms with Crippen molar-refractivity contribution in [2.75, 3.05) is 39.6 Å². The number of carbonyl (C=O) groups is 6. The van der Waals surface area contributed by atoms with Crippen LogP contribution in [0.4, 0.5) is 0 Å². The van der Waals surface area contributed by atoms with Gasteiger partial charge in [-0.1, -0.05) is 142 Å². The lowest BCUT2D eigenvalue weighted by atomic mass is 9.87. The van der Waals surface area contributed by atoms with E-state index in [0.29, 0.717) is 12.8 Å². The molecule has 0 radical (unpaired) electrons. The first-order valence-corrected chi connectivity index (χ1v) is 38.7. The fourth-order valence-corrected chi connectivity index (χ4v) is 14.4. The number of ether oxygens (including phenoxy) is 10. The van der Waals surface area contributed by atoms with Crippen LogP contribution in [0.5, 0.6) is 0 Å². The number of aliphatic hydroxyl groups is 16. The maximum atomic E-state index is 14.1. The van der Waals surface area contributed by atoms with Crippen LogP contribution in [-0.2, 0) is 76.1 Å². The highest BCUT2D eigenvalue weighted by Gasteiger charge is 2.64. The zero-order valence-corrected chi connectivity index (χ0v) is 63.5. The Hall–Kier alpha value is -4.48. The first kappa shape index (κ1) is 96.1. The number of carboxylic acids is 2. The summed E-state index contributed by atoms with van der Waals surface area (Å²) in [5.74, 6) is -14.6. The molecule has 4 amide bonds. The van der Waals surface area contributed by atoms with Gasteiger partial charge < -0.3 is 161 Å². The Morgan fingerprint density at radius 1 is 0.491 bits per heavy atom. The van der Waals surface area contributed by atoms with Crippen LogP contribution in [-0.4, -0.2) is 344 Å². The SMILES string of the molecule is CCCCCCCCCCCCCC=C[C@@H](O)[C@H](CO[C@@H]1O[C@H](CO)[C@@H](O[C@@H]2O[C@H](CO)[C@H](O[C@@H]3O[C@H](CO)[C@H](O)[C@H](O)[C@H]3NC(C)=O)[C@H](O[C@]3(C(=O)O)C[C@H](O)[C@@H](NC(C)=O)C([C@H](O)[C@@H](CO)O[C@]4(C(=O)O)C[C@H](O)[C@@H](NC(C)=O)C([C@H](O)[C@H](O)CO)O4)O3)[C@H]2O)[C@H](O)[C@H]1O)NC(=O)CCCCCCCCCCC. The maximum absolute atomic E-state index is 14.1.